The maximum Gasteiger partial charge on any atom is 0.339 e. The van der Waals surface area contributed by atoms with E-state index in [2.05, 4.69) is 25.6 Å². The number of aromatic nitrogens is 3. The average Bonchev–Trinajstić information content (AvgIpc) is 2.73. The molecule has 0 radical (unpaired) electrons. The van der Waals surface area contributed by atoms with E-state index in [1.807, 2.05) is 12.1 Å². The van der Waals surface area contributed by atoms with Crippen LogP contribution >= 0.6 is 0 Å². The van der Waals surface area contributed by atoms with Gasteiger partial charge in [0.1, 0.15) is 11.5 Å². The van der Waals surface area contributed by atoms with Gasteiger partial charge in [0.25, 0.3) is 5.91 Å². The van der Waals surface area contributed by atoms with Gasteiger partial charge in [-0.2, -0.15) is 0 Å². The third kappa shape index (κ3) is 4.63. The summed E-state index contributed by atoms with van der Waals surface area (Å²) < 4.78 is 4.76. The van der Waals surface area contributed by atoms with Crippen LogP contribution in [0, 0.1) is 0 Å². The number of nitrogens with zero attached hydrogens (tertiary/aromatic N) is 3. The molecule has 1 aromatic carbocycles. The maximum absolute atomic E-state index is 12.2. The van der Waals surface area contributed by atoms with Crippen molar-refractivity contribution in [3.05, 3.63) is 78.0 Å². The molecule has 2 aromatic heterocycles. The Labute approximate surface area is 155 Å². The van der Waals surface area contributed by atoms with Crippen molar-refractivity contribution < 1.29 is 14.3 Å². The van der Waals surface area contributed by atoms with Crippen LogP contribution in [0.2, 0.25) is 0 Å². The van der Waals surface area contributed by atoms with Crippen LogP contribution in [0.25, 0.3) is 0 Å². The molecule has 8 heteroatoms. The summed E-state index contributed by atoms with van der Waals surface area (Å²) in [5, 5.41) is 5.76. The number of benzene rings is 1. The van der Waals surface area contributed by atoms with Crippen molar-refractivity contribution in [1.29, 1.82) is 0 Å². The Morgan fingerprint density at radius 1 is 1.04 bits per heavy atom. The molecule has 136 valence electrons. The van der Waals surface area contributed by atoms with Crippen LogP contribution in [0.4, 0.5) is 11.5 Å². The number of para-hydroxylation sites is 1. The molecule has 0 saturated heterocycles. The summed E-state index contributed by atoms with van der Waals surface area (Å²) in [5.74, 6) is -0.393. The fourth-order valence-corrected chi connectivity index (χ4v) is 2.30. The second-order valence-electron chi connectivity index (χ2n) is 5.49. The molecule has 0 unspecified atom stereocenters. The standard InChI is InChI=1S/C19H17N5O3/c1-27-19(26)14-4-2-3-5-15(14)24-17-12-21-16(11-22-17)18(25)23-10-13-6-8-20-9-7-13/h2-9,11-12H,10H2,1H3,(H,22,24)(H,23,25). The molecule has 0 atom stereocenters. The highest BCUT2D eigenvalue weighted by atomic mass is 16.5. The van der Waals surface area contributed by atoms with Gasteiger partial charge in [0.15, 0.2) is 0 Å². The first-order valence-corrected chi connectivity index (χ1v) is 8.11. The lowest BCUT2D eigenvalue weighted by molar-refractivity contribution is 0.0601. The molecule has 0 saturated carbocycles. The van der Waals surface area contributed by atoms with E-state index >= 15 is 0 Å². The zero-order valence-corrected chi connectivity index (χ0v) is 14.5. The van der Waals surface area contributed by atoms with Gasteiger partial charge in [0.05, 0.1) is 30.8 Å². The zero-order valence-electron chi connectivity index (χ0n) is 14.5. The van der Waals surface area contributed by atoms with Gasteiger partial charge in [-0.05, 0) is 29.8 Å². The van der Waals surface area contributed by atoms with Crippen molar-refractivity contribution in [3.8, 4) is 0 Å². The van der Waals surface area contributed by atoms with Crippen molar-refractivity contribution in [2.45, 2.75) is 6.54 Å². The fraction of sp³-hybridized carbons (Fsp3) is 0.105. The first kappa shape index (κ1) is 18.0. The fourth-order valence-electron chi connectivity index (χ4n) is 2.30. The van der Waals surface area contributed by atoms with E-state index in [4.69, 9.17) is 4.74 Å². The number of nitrogens with one attached hydrogen (secondary N) is 2. The molecule has 27 heavy (non-hydrogen) atoms. The molecule has 0 aliphatic carbocycles. The highest BCUT2D eigenvalue weighted by Crippen LogP contribution is 2.19. The highest BCUT2D eigenvalue weighted by molar-refractivity contribution is 5.96. The summed E-state index contributed by atoms with van der Waals surface area (Å²) in [6.07, 6.45) is 6.11. The third-order valence-electron chi connectivity index (χ3n) is 3.68. The lowest BCUT2D eigenvalue weighted by Gasteiger charge is -2.10. The van der Waals surface area contributed by atoms with Crippen molar-refractivity contribution in [1.82, 2.24) is 20.3 Å². The quantitative estimate of drug-likeness (QED) is 0.647. The minimum Gasteiger partial charge on any atom is -0.465 e. The number of rotatable bonds is 6. The van der Waals surface area contributed by atoms with Crippen LogP contribution in [-0.2, 0) is 11.3 Å². The third-order valence-corrected chi connectivity index (χ3v) is 3.68. The number of hydrogen-bond acceptors (Lipinski definition) is 7. The normalized spacial score (nSPS) is 10.1. The summed E-state index contributed by atoms with van der Waals surface area (Å²) in [5.41, 5.74) is 2.04. The molecule has 0 spiro atoms. The van der Waals surface area contributed by atoms with E-state index in [9.17, 15) is 9.59 Å². The Morgan fingerprint density at radius 2 is 1.81 bits per heavy atom. The van der Waals surface area contributed by atoms with E-state index in [1.54, 1.807) is 36.7 Å². The Bertz CT molecular complexity index is 930. The largest absolute Gasteiger partial charge is 0.465 e. The minimum absolute atomic E-state index is 0.191. The van der Waals surface area contributed by atoms with Crippen LogP contribution in [-0.4, -0.2) is 33.9 Å². The number of carbonyl (C=O) groups is 2. The Morgan fingerprint density at radius 3 is 2.52 bits per heavy atom. The number of anilines is 2. The van der Waals surface area contributed by atoms with Crippen molar-refractivity contribution in [3.63, 3.8) is 0 Å². The predicted molar refractivity (Wildman–Crippen MR) is 98.5 cm³/mol. The van der Waals surface area contributed by atoms with Crippen LogP contribution in [0.1, 0.15) is 26.4 Å². The van der Waals surface area contributed by atoms with Crippen LogP contribution < -0.4 is 10.6 Å². The number of carbonyl (C=O) groups excluding carboxylic acids is 2. The molecule has 3 rings (SSSR count). The molecule has 0 aliphatic rings. The number of amides is 1. The summed E-state index contributed by atoms with van der Waals surface area (Å²) in [4.78, 5) is 36.2. The predicted octanol–water partition coefficient (Wildman–Crippen LogP) is 2.33. The minimum atomic E-state index is -0.460. The van der Waals surface area contributed by atoms with Gasteiger partial charge in [-0.3, -0.25) is 9.78 Å². The summed E-state index contributed by atoms with van der Waals surface area (Å²) in [6.45, 7) is 0.371. The SMILES string of the molecule is COC(=O)c1ccccc1Nc1cnc(C(=O)NCc2ccncc2)cn1. The molecular formula is C19H17N5O3. The highest BCUT2D eigenvalue weighted by Gasteiger charge is 2.12. The topological polar surface area (TPSA) is 106 Å². The summed E-state index contributed by atoms with van der Waals surface area (Å²) in [7, 11) is 1.32. The molecule has 2 N–H and O–H groups in total. The van der Waals surface area contributed by atoms with Crippen LogP contribution in [0.5, 0.6) is 0 Å². The van der Waals surface area contributed by atoms with E-state index < -0.39 is 5.97 Å². The number of hydrogen-bond donors (Lipinski definition) is 2. The molecule has 0 fully saturated rings. The van der Waals surface area contributed by atoms with Gasteiger partial charge in [-0.15, -0.1) is 0 Å². The van der Waals surface area contributed by atoms with E-state index in [0.29, 0.717) is 23.6 Å². The first-order valence-electron chi connectivity index (χ1n) is 8.11. The monoisotopic (exact) mass is 363 g/mol. The van der Waals surface area contributed by atoms with Gasteiger partial charge in [0, 0.05) is 18.9 Å². The van der Waals surface area contributed by atoms with Gasteiger partial charge < -0.3 is 15.4 Å². The van der Waals surface area contributed by atoms with Crippen molar-refractivity contribution >= 4 is 23.4 Å². The lowest BCUT2D eigenvalue weighted by atomic mass is 10.2. The zero-order chi connectivity index (χ0) is 19.1. The number of pyridine rings is 1. The summed E-state index contributed by atoms with van der Waals surface area (Å²) >= 11 is 0. The van der Waals surface area contributed by atoms with E-state index in [-0.39, 0.29) is 11.6 Å². The Kier molecular flexibility index (Phi) is 5.68. The van der Waals surface area contributed by atoms with Gasteiger partial charge >= 0.3 is 5.97 Å². The molecule has 1 amide bonds. The number of ether oxygens (including phenoxy) is 1. The van der Waals surface area contributed by atoms with Crippen molar-refractivity contribution in [2.24, 2.45) is 0 Å². The number of esters is 1. The average molecular weight is 363 g/mol. The Balaban J connectivity index is 1.65. The molecule has 8 nitrogen and oxygen atoms in total. The van der Waals surface area contributed by atoms with Crippen LogP contribution in [0.15, 0.2) is 61.2 Å². The second kappa shape index (κ2) is 8.52. The van der Waals surface area contributed by atoms with E-state index in [0.717, 1.165) is 5.56 Å². The second-order valence-corrected chi connectivity index (χ2v) is 5.49. The lowest BCUT2D eigenvalue weighted by Crippen LogP contribution is -2.24. The first-order chi connectivity index (χ1) is 13.2. The van der Waals surface area contributed by atoms with E-state index in [1.165, 1.54) is 19.5 Å². The summed E-state index contributed by atoms with van der Waals surface area (Å²) in [6, 6.07) is 10.5. The van der Waals surface area contributed by atoms with Crippen molar-refractivity contribution in [2.75, 3.05) is 12.4 Å². The molecule has 3 aromatic rings. The molecule has 0 aliphatic heterocycles. The molecule has 0 bridgehead atoms. The smallest absolute Gasteiger partial charge is 0.339 e. The van der Waals surface area contributed by atoms with Gasteiger partial charge in [-0.25, -0.2) is 14.8 Å². The maximum atomic E-state index is 12.2. The molecule has 2 heterocycles. The van der Waals surface area contributed by atoms with Gasteiger partial charge in [-0.1, -0.05) is 12.1 Å². The number of methoxy groups -OCH3 is 1. The van der Waals surface area contributed by atoms with Gasteiger partial charge in [0.2, 0.25) is 0 Å². The Hall–Kier alpha value is -3.81. The van der Waals surface area contributed by atoms with Crippen LogP contribution in [0.3, 0.4) is 0 Å². The molecular weight excluding hydrogens is 346 g/mol.